The molecule has 0 spiro atoms. The van der Waals surface area contributed by atoms with Gasteiger partial charge < -0.3 is 28.5 Å². The monoisotopic (exact) mass is 1060 g/mol. The highest BCUT2D eigenvalue weighted by molar-refractivity contribution is 7.45. The van der Waals surface area contributed by atoms with Crippen molar-refractivity contribution in [2.24, 2.45) is 0 Å². The van der Waals surface area contributed by atoms with Gasteiger partial charge in [0.15, 0.2) is 0 Å². The van der Waals surface area contributed by atoms with E-state index in [9.17, 15) is 19.0 Å². The van der Waals surface area contributed by atoms with Crippen molar-refractivity contribution in [3.63, 3.8) is 0 Å². The number of phosphoric ester groups is 1. The minimum atomic E-state index is -4.70. The highest BCUT2D eigenvalue weighted by Crippen LogP contribution is 2.38. The van der Waals surface area contributed by atoms with Gasteiger partial charge in [-0.3, -0.25) is 14.2 Å². The lowest BCUT2D eigenvalue weighted by molar-refractivity contribution is -0.870. The number of quaternary nitrogens is 1. The van der Waals surface area contributed by atoms with Crippen LogP contribution in [0.25, 0.3) is 0 Å². The number of esters is 1. The summed E-state index contributed by atoms with van der Waals surface area (Å²) in [6.07, 6.45) is 65.5. The molecule has 0 saturated heterocycles. The van der Waals surface area contributed by atoms with Crippen molar-refractivity contribution < 1.29 is 37.3 Å². The first-order valence-electron chi connectivity index (χ1n) is 31.8. The molecule has 436 valence electrons. The largest absolute Gasteiger partial charge is 0.756 e. The number of amides is 1. The molecule has 0 saturated carbocycles. The quantitative estimate of drug-likeness (QED) is 0.0212. The zero-order chi connectivity index (χ0) is 54.3. The summed E-state index contributed by atoms with van der Waals surface area (Å²) in [4.78, 5) is 39.9. The number of allylic oxidation sites excluding steroid dienone is 5. The fraction of sp³-hybridized carbons (Fsp3) is 0.875. The van der Waals surface area contributed by atoms with Crippen LogP contribution in [0.2, 0.25) is 0 Å². The van der Waals surface area contributed by atoms with Crippen LogP contribution in [-0.2, 0) is 27.9 Å². The van der Waals surface area contributed by atoms with Gasteiger partial charge in [-0.15, -0.1) is 0 Å². The number of likely N-dealkylation sites (N-methyl/N-ethyl adjacent to an activating group) is 1. The van der Waals surface area contributed by atoms with Gasteiger partial charge in [-0.25, -0.2) is 0 Å². The van der Waals surface area contributed by atoms with E-state index in [0.717, 1.165) is 70.6 Å². The van der Waals surface area contributed by atoms with Crippen LogP contribution in [-0.4, -0.2) is 69.4 Å². The Labute approximate surface area is 459 Å². The van der Waals surface area contributed by atoms with Crippen molar-refractivity contribution in [1.29, 1.82) is 0 Å². The summed E-state index contributed by atoms with van der Waals surface area (Å²) in [6.45, 7) is 6.85. The fourth-order valence-electron chi connectivity index (χ4n) is 9.34. The second-order valence-corrected chi connectivity index (χ2v) is 24.3. The molecule has 0 fully saturated rings. The molecule has 10 heteroatoms. The third-order valence-electron chi connectivity index (χ3n) is 14.3. The lowest BCUT2D eigenvalue weighted by Gasteiger charge is -2.30. The SMILES string of the molecule is CCCCCCCC/C=C\CCCCCC(=O)NC(COP(=O)([O-])OCC[N+](C)(C)C)C(/C=C\CCCCCCCCCCCC)OC(=O)CCCCCCCCCCCCCCC/C=C/CCCCCCCC. The van der Waals surface area contributed by atoms with E-state index < -0.39 is 26.6 Å². The lowest BCUT2D eigenvalue weighted by atomic mass is 10.0. The standard InChI is InChI=1S/C64H123N2O7P/c1-7-10-13-16-19-22-25-28-29-30-31-32-33-34-35-36-37-39-42-45-48-51-54-57-64(68)73-62(55-52-49-46-43-40-27-24-21-18-15-12-9-3)61(60-72-74(69,70)71-59-58-66(4,5)6)65-63(67)56-53-50-47-44-41-38-26-23-20-17-14-11-8-2/h28-29,38,41,52,55,61-62H,7-27,30-37,39-40,42-51,53-54,56-60H2,1-6H3,(H-,65,67,69,70)/b29-28+,41-38-,55-52-. The molecule has 0 aromatic heterocycles. The third kappa shape index (κ3) is 55.0. The number of carbonyl (C=O) groups is 2. The van der Waals surface area contributed by atoms with E-state index in [4.69, 9.17) is 13.8 Å². The molecule has 0 aliphatic carbocycles. The Morgan fingerprint density at radius 1 is 0.459 bits per heavy atom. The van der Waals surface area contributed by atoms with Gasteiger partial charge in [0.2, 0.25) is 5.91 Å². The zero-order valence-electron chi connectivity index (χ0n) is 49.8. The van der Waals surface area contributed by atoms with Crippen molar-refractivity contribution in [2.75, 3.05) is 40.9 Å². The number of nitrogens with zero attached hydrogens (tertiary/aromatic N) is 1. The second-order valence-electron chi connectivity index (χ2n) is 22.9. The average Bonchev–Trinajstić information content (AvgIpc) is 3.36. The van der Waals surface area contributed by atoms with Crippen LogP contribution in [0.4, 0.5) is 0 Å². The molecule has 3 atom stereocenters. The first-order chi connectivity index (χ1) is 35.9. The highest BCUT2D eigenvalue weighted by atomic mass is 31.2. The van der Waals surface area contributed by atoms with E-state index in [1.54, 1.807) is 0 Å². The summed E-state index contributed by atoms with van der Waals surface area (Å²) in [5.74, 6) is -0.549. The Kier molecular flexibility index (Phi) is 53.3. The van der Waals surface area contributed by atoms with Crippen LogP contribution in [0.5, 0.6) is 0 Å². The number of rotatable bonds is 58. The maximum absolute atomic E-state index is 13.5. The molecule has 1 N–H and O–H groups in total. The molecule has 0 radical (unpaired) electrons. The fourth-order valence-corrected chi connectivity index (χ4v) is 10.1. The van der Waals surface area contributed by atoms with Crippen molar-refractivity contribution in [1.82, 2.24) is 5.32 Å². The van der Waals surface area contributed by atoms with Crippen LogP contribution in [0.15, 0.2) is 36.5 Å². The van der Waals surface area contributed by atoms with Crippen LogP contribution < -0.4 is 10.2 Å². The molecule has 0 aliphatic heterocycles. The van der Waals surface area contributed by atoms with Crippen molar-refractivity contribution in [3.8, 4) is 0 Å². The number of carbonyl (C=O) groups excluding carboxylic acids is 2. The molecule has 9 nitrogen and oxygen atoms in total. The van der Waals surface area contributed by atoms with Gasteiger partial charge in [0, 0.05) is 12.8 Å². The number of hydrogen-bond donors (Lipinski definition) is 1. The maximum Gasteiger partial charge on any atom is 0.306 e. The zero-order valence-corrected chi connectivity index (χ0v) is 50.7. The van der Waals surface area contributed by atoms with Crippen LogP contribution in [0, 0.1) is 0 Å². The Bertz CT molecular complexity index is 1360. The summed E-state index contributed by atoms with van der Waals surface area (Å²) in [5.41, 5.74) is 0. The minimum absolute atomic E-state index is 0.0231. The smallest absolute Gasteiger partial charge is 0.306 e. The lowest BCUT2D eigenvalue weighted by Crippen LogP contribution is -2.47. The highest BCUT2D eigenvalue weighted by Gasteiger charge is 2.27. The topological polar surface area (TPSA) is 114 Å². The van der Waals surface area contributed by atoms with Gasteiger partial charge in [0.05, 0.1) is 33.8 Å². The Morgan fingerprint density at radius 3 is 1.16 bits per heavy atom. The van der Waals surface area contributed by atoms with Gasteiger partial charge in [0.25, 0.3) is 7.82 Å². The molecule has 74 heavy (non-hydrogen) atoms. The summed E-state index contributed by atoms with van der Waals surface area (Å²) in [5, 5.41) is 3.02. The number of hydrogen-bond acceptors (Lipinski definition) is 7. The number of phosphoric acid groups is 1. The van der Waals surface area contributed by atoms with Crippen LogP contribution in [0.3, 0.4) is 0 Å². The second kappa shape index (κ2) is 54.6. The summed E-state index contributed by atoms with van der Waals surface area (Å²) < 4.78 is 30.3. The van der Waals surface area contributed by atoms with Gasteiger partial charge in [-0.2, -0.15) is 0 Å². The first kappa shape index (κ1) is 72.2. The van der Waals surface area contributed by atoms with Gasteiger partial charge in [0.1, 0.15) is 19.3 Å². The predicted octanol–water partition coefficient (Wildman–Crippen LogP) is 18.9. The predicted molar refractivity (Wildman–Crippen MR) is 316 cm³/mol. The molecule has 0 bridgehead atoms. The normalized spacial score (nSPS) is 13.9. The number of unbranched alkanes of at least 4 members (excludes halogenated alkanes) is 38. The molecule has 0 aromatic rings. The van der Waals surface area contributed by atoms with E-state index in [1.165, 1.54) is 205 Å². The molecule has 1 amide bonds. The molecule has 0 heterocycles. The van der Waals surface area contributed by atoms with E-state index in [0.29, 0.717) is 17.4 Å². The van der Waals surface area contributed by atoms with Crippen LogP contribution in [0.1, 0.15) is 310 Å². The van der Waals surface area contributed by atoms with E-state index in [2.05, 4.69) is 50.4 Å². The van der Waals surface area contributed by atoms with Crippen LogP contribution >= 0.6 is 7.82 Å². The molecular weight excluding hydrogens is 940 g/mol. The van der Waals surface area contributed by atoms with Gasteiger partial charge in [-0.05, 0) is 83.1 Å². The van der Waals surface area contributed by atoms with E-state index in [1.807, 2.05) is 33.3 Å². The van der Waals surface area contributed by atoms with E-state index in [-0.39, 0.29) is 24.9 Å². The molecule has 0 aliphatic rings. The summed E-state index contributed by atoms with van der Waals surface area (Å²) in [7, 11) is 1.19. The number of ether oxygens (including phenoxy) is 1. The van der Waals surface area contributed by atoms with E-state index >= 15 is 0 Å². The first-order valence-corrected chi connectivity index (χ1v) is 33.3. The van der Waals surface area contributed by atoms with Gasteiger partial charge in [-0.1, -0.05) is 250 Å². The Hall–Kier alpha value is -1.77. The van der Waals surface area contributed by atoms with Crippen molar-refractivity contribution in [2.45, 2.75) is 322 Å². The third-order valence-corrected chi connectivity index (χ3v) is 15.3. The Morgan fingerprint density at radius 2 is 0.784 bits per heavy atom. The molecule has 3 unspecified atom stereocenters. The average molecular weight is 1060 g/mol. The minimum Gasteiger partial charge on any atom is -0.756 e. The maximum atomic E-state index is 13.5. The van der Waals surface area contributed by atoms with Crippen molar-refractivity contribution >= 4 is 19.7 Å². The molecule has 0 aromatic carbocycles. The number of nitrogens with one attached hydrogen (secondary N) is 1. The summed E-state index contributed by atoms with van der Waals surface area (Å²) >= 11 is 0. The molecule has 0 rings (SSSR count). The van der Waals surface area contributed by atoms with Crippen molar-refractivity contribution in [3.05, 3.63) is 36.5 Å². The summed E-state index contributed by atoms with van der Waals surface area (Å²) in [6, 6.07) is -0.892. The Balaban J connectivity index is 5.13. The molecular formula is C64H123N2O7P. The van der Waals surface area contributed by atoms with Gasteiger partial charge >= 0.3 is 5.97 Å².